The molecule has 6 heteroatoms. The minimum atomic E-state index is -0.762. The van der Waals surface area contributed by atoms with Gasteiger partial charge in [0.1, 0.15) is 6.04 Å². The Hall–Kier alpha value is -1.14. The van der Waals surface area contributed by atoms with Gasteiger partial charge in [-0.15, -0.1) is 0 Å². The van der Waals surface area contributed by atoms with E-state index in [1.54, 1.807) is 0 Å². The molecule has 1 atom stereocenters. The van der Waals surface area contributed by atoms with Crippen LogP contribution in [0.3, 0.4) is 0 Å². The van der Waals surface area contributed by atoms with Gasteiger partial charge in [-0.25, -0.2) is 0 Å². The molecule has 0 amide bonds. The number of carbonyl (C=O) groups is 2. The number of methoxy groups -OCH3 is 1. The zero-order chi connectivity index (χ0) is 12.4. The third-order valence-electron chi connectivity index (χ3n) is 2.02. The van der Waals surface area contributed by atoms with E-state index >= 15 is 0 Å². The summed E-state index contributed by atoms with van der Waals surface area (Å²) in [7, 11) is 1.26. The van der Waals surface area contributed by atoms with Gasteiger partial charge < -0.3 is 20.9 Å². The van der Waals surface area contributed by atoms with Crippen molar-refractivity contribution in [3.63, 3.8) is 0 Å². The summed E-state index contributed by atoms with van der Waals surface area (Å²) in [6.07, 6.45) is 1.95. The molecule has 0 saturated heterocycles. The second-order valence-electron chi connectivity index (χ2n) is 3.38. The minimum absolute atomic E-state index is 0.124. The number of rotatable bonds is 8. The van der Waals surface area contributed by atoms with Crippen molar-refractivity contribution in [3.8, 4) is 0 Å². The molecule has 0 radical (unpaired) electrons. The number of nitrogens with two attached hydrogens (primary N) is 2. The first kappa shape index (κ1) is 14.9. The van der Waals surface area contributed by atoms with E-state index in [4.69, 9.17) is 16.2 Å². The van der Waals surface area contributed by atoms with E-state index in [0.29, 0.717) is 13.2 Å². The summed E-state index contributed by atoms with van der Waals surface area (Å²) in [4.78, 5) is 22.1. The van der Waals surface area contributed by atoms with Crippen molar-refractivity contribution < 1.29 is 19.1 Å². The minimum Gasteiger partial charge on any atom is -0.468 e. The van der Waals surface area contributed by atoms with E-state index in [1.165, 1.54) is 7.11 Å². The Morgan fingerprint density at radius 1 is 1.31 bits per heavy atom. The Labute approximate surface area is 95.3 Å². The average molecular weight is 232 g/mol. The SMILES string of the molecule is COC(=O)[C@@H](N)CCC(=O)OCCCCN. The molecular weight excluding hydrogens is 212 g/mol. The quantitative estimate of drug-likeness (QED) is 0.434. The van der Waals surface area contributed by atoms with Crippen molar-refractivity contribution in [2.24, 2.45) is 11.5 Å². The molecule has 0 heterocycles. The molecule has 94 valence electrons. The molecule has 0 aliphatic heterocycles. The Kier molecular flexibility index (Phi) is 8.46. The van der Waals surface area contributed by atoms with E-state index in [9.17, 15) is 9.59 Å². The van der Waals surface area contributed by atoms with Gasteiger partial charge in [0.05, 0.1) is 13.7 Å². The van der Waals surface area contributed by atoms with Gasteiger partial charge in [-0.1, -0.05) is 0 Å². The van der Waals surface area contributed by atoms with E-state index in [-0.39, 0.29) is 18.8 Å². The molecule has 0 bridgehead atoms. The van der Waals surface area contributed by atoms with Gasteiger partial charge in [0, 0.05) is 6.42 Å². The Morgan fingerprint density at radius 2 is 2.00 bits per heavy atom. The highest BCUT2D eigenvalue weighted by Gasteiger charge is 2.15. The first-order valence-corrected chi connectivity index (χ1v) is 5.31. The van der Waals surface area contributed by atoms with Gasteiger partial charge in [0.15, 0.2) is 0 Å². The third kappa shape index (κ3) is 7.19. The molecule has 0 aliphatic carbocycles. The number of hydrogen-bond donors (Lipinski definition) is 2. The molecule has 16 heavy (non-hydrogen) atoms. The van der Waals surface area contributed by atoms with Crippen LogP contribution in [-0.2, 0) is 19.1 Å². The van der Waals surface area contributed by atoms with Crippen molar-refractivity contribution >= 4 is 11.9 Å². The summed E-state index contributed by atoms with van der Waals surface area (Å²) in [5.74, 6) is -0.868. The van der Waals surface area contributed by atoms with Crippen LogP contribution in [0.4, 0.5) is 0 Å². The molecule has 0 unspecified atom stereocenters. The van der Waals surface area contributed by atoms with Crippen molar-refractivity contribution in [2.75, 3.05) is 20.3 Å². The zero-order valence-electron chi connectivity index (χ0n) is 9.61. The van der Waals surface area contributed by atoms with Gasteiger partial charge in [0.2, 0.25) is 0 Å². The number of carbonyl (C=O) groups excluding carboxylic acids is 2. The lowest BCUT2D eigenvalue weighted by molar-refractivity contribution is -0.145. The van der Waals surface area contributed by atoms with Gasteiger partial charge >= 0.3 is 11.9 Å². The summed E-state index contributed by atoms with van der Waals surface area (Å²) in [5, 5.41) is 0. The van der Waals surface area contributed by atoms with E-state index in [2.05, 4.69) is 4.74 Å². The van der Waals surface area contributed by atoms with Crippen LogP contribution in [0.25, 0.3) is 0 Å². The fourth-order valence-corrected chi connectivity index (χ4v) is 1.05. The summed E-state index contributed by atoms with van der Waals surface area (Å²) < 4.78 is 9.33. The highest BCUT2D eigenvalue weighted by atomic mass is 16.5. The predicted octanol–water partition coefficient (Wildman–Crippen LogP) is -0.451. The molecule has 4 N–H and O–H groups in total. The van der Waals surface area contributed by atoms with Gasteiger partial charge in [0.25, 0.3) is 0 Å². The van der Waals surface area contributed by atoms with Crippen LogP contribution in [0.2, 0.25) is 0 Å². The number of unbranched alkanes of at least 4 members (excludes halogenated alkanes) is 1. The molecule has 0 spiro atoms. The maximum Gasteiger partial charge on any atom is 0.322 e. The van der Waals surface area contributed by atoms with Crippen molar-refractivity contribution in [1.82, 2.24) is 0 Å². The lowest BCUT2D eigenvalue weighted by Crippen LogP contribution is -2.32. The largest absolute Gasteiger partial charge is 0.468 e. The lowest BCUT2D eigenvalue weighted by atomic mass is 10.2. The van der Waals surface area contributed by atoms with E-state index in [1.807, 2.05) is 0 Å². The van der Waals surface area contributed by atoms with E-state index in [0.717, 1.165) is 12.8 Å². The van der Waals surface area contributed by atoms with Crippen LogP contribution in [0.5, 0.6) is 0 Å². The molecule has 0 rings (SSSR count). The van der Waals surface area contributed by atoms with Crippen LogP contribution >= 0.6 is 0 Å². The standard InChI is InChI=1S/C10H20N2O4/c1-15-10(14)8(12)4-5-9(13)16-7-3-2-6-11/h8H,2-7,11-12H2,1H3/t8-/m0/s1. The third-order valence-corrected chi connectivity index (χ3v) is 2.02. The average Bonchev–Trinajstić information content (AvgIpc) is 2.30. The van der Waals surface area contributed by atoms with Crippen molar-refractivity contribution in [2.45, 2.75) is 31.7 Å². The summed E-state index contributed by atoms with van der Waals surface area (Å²) in [6, 6.07) is -0.762. The monoisotopic (exact) mass is 232 g/mol. The fraction of sp³-hybridized carbons (Fsp3) is 0.800. The molecule has 0 saturated carbocycles. The number of ether oxygens (including phenoxy) is 2. The highest BCUT2D eigenvalue weighted by molar-refractivity contribution is 5.76. The van der Waals surface area contributed by atoms with Gasteiger partial charge in [-0.05, 0) is 25.8 Å². The number of hydrogen-bond acceptors (Lipinski definition) is 6. The molecule has 0 aromatic carbocycles. The Balaban J connectivity index is 3.53. The summed E-state index contributed by atoms with van der Waals surface area (Å²) >= 11 is 0. The molecule has 6 nitrogen and oxygen atoms in total. The molecule has 0 fully saturated rings. The van der Waals surface area contributed by atoms with Crippen LogP contribution in [0.1, 0.15) is 25.7 Å². The number of esters is 2. The van der Waals surface area contributed by atoms with Gasteiger partial charge in [-0.2, -0.15) is 0 Å². The maximum atomic E-state index is 11.2. The second-order valence-corrected chi connectivity index (χ2v) is 3.38. The van der Waals surface area contributed by atoms with Gasteiger partial charge in [-0.3, -0.25) is 9.59 Å². The normalized spacial score (nSPS) is 11.9. The fourth-order valence-electron chi connectivity index (χ4n) is 1.05. The Morgan fingerprint density at radius 3 is 2.56 bits per heavy atom. The smallest absolute Gasteiger partial charge is 0.322 e. The van der Waals surface area contributed by atoms with Crippen LogP contribution < -0.4 is 11.5 Å². The van der Waals surface area contributed by atoms with Crippen molar-refractivity contribution in [1.29, 1.82) is 0 Å². The maximum absolute atomic E-state index is 11.2. The van der Waals surface area contributed by atoms with Crippen LogP contribution in [-0.4, -0.2) is 38.2 Å². The van der Waals surface area contributed by atoms with E-state index < -0.39 is 12.0 Å². The van der Waals surface area contributed by atoms with Crippen LogP contribution in [0, 0.1) is 0 Å². The first-order chi connectivity index (χ1) is 7.61. The highest BCUT2D eigenvalue weighted by Crippen LogP contribution is 1.99. The van der Waals surface area contributed by atoms with Crippen molar-refractivity contribution in [3.05, 3.63) is 0 Å². The zero-order valence-corrected chi connectivity index (χ0v) is 9.61. The molecule has 0 aromatic rings. The topological polar surface area (TPSA) is 105 Å². The van der Waals surface area contributed by atoms with Crippen LogP contribution in [0.15, 0.2) is 0 Å². The summed E-state index contributed by atoms with van der Waals surface area (Å²) in [5.41, 5.74) is 10.7. The lowest BCUT2D eigenvalue weighted by Gasteiger charge is -2.08. The summed E-state index contributed by atoms with van der Waals surface area (Å²) in [6.45, 7) is 0.953. The molecule has 0 aliphatic rings. The Bertz CT molecular complexity index is 221. The first-order valence-electron chi connectivity index (χ1n) is 5.31. The molecule has 0 aromatic heterocycles. The predicted molar refractivity (Wildman–Crippen MR) is 58.5 cm³/mol. The second kappa shape index (κ2) is 9.11. The molecular formula is C10H20N2O4.